The van der Waals surface area contributed by atoms with Gasteiger partial charge in [0, 0.05) is 39.3 Å². The maximum atomic E-state index is 11.8. The first-order chi connectivity index (χ1) is 10.8. The largest absolute Gasteiger partial charge is 0.355 e. The van der Waals surface area contributed by atoms with Gasteiger partial charge in [0.15, 0.2) is 5.96 Å². The first-order valence-electron chi connectivity index (χ1n) is 8.77. The van der Waals surface area contributed by atoms with Crippen LogP contribution in [-0.4, -0.2) is 69.1 Å². The molecule has 2 rings (SSSR count). The third-order valence-corrected chi connectivity index (χ3v) is 7.03. The number of hydrogen-bond donors (Lipinski definition) is 1. The van der Waals surface area contributed by atoms with Gasteiger partial charge in [-0.25, -0.2) is 8.42 Å². The van der Waals surface area contributed by atoms with E-state index in [-0.39, 0.29) is 6.04 Å². The fraction of sp³-hybridized carbons (Fsp3) is 0.938. The van der Waals surface area contributed by atoms with Crippen LogP contribution in [0.15, 0.2) is 4.99 Å². The summed E-state index contributed by atoms with van der Waals surface area (Å²) < 4.78 is 25.3. The van der Waals surface area contributed by atoms with Crippen LogP contribution in [0.25, 0.3) is 0 Å². The highest BCUT2D eigenvalue weighted by Gasteiger charge is 2.37. The van der Waals surface area contributed by atoms with E-state index in [4.69, 9.17) is 0 Å². The third-order valence-electron chi connectivity index (χ3n) is 5.69. The van der Waals surface area contributed by atoms with Gasteiger partial charge in [-0.3, -0.25) is 4.99 Å². The number of guanidine groups is 1. The Hall–Kier alpha value is -0.820. The molecular weight excluding hydrogens is 312 g/mol. The van der Waals surface area contributed by atoms with E-state index in [0.29, 0.717) is 18.5 Å². The van der Waals surface area contributed by atoms with Crippen LogP contribution in [0.1, 0.15) is 46.0 Å². The molecule has 0 aromatic rings. The summed E-state index contributed by atoms with van der Waals surface area (Å²) in [6, 6.07) is 0.0476. The molecule has 1 N–H and O–H groups in total. The third kappa shape index (κ3) is 4.18. The van der Waals surface area contributed by atoms with E-state index in [1.165, 1.54) is 25.5 Å². The molecule has 0 spiro atoms. The van der Waals surface area contributed by atoms with E-state index >= 15 is 0 Å². The zero-order valence-corrected chi connectivity index (χ0v) is 15.8. The number of hydrogen-bond acceptors (Lipinski definition) is 3. The van der Waals surface area contributed by atoms with E-state index in [2.05, 4.69) is 29.1 Å². The molecule has 0 amide bonds. The number of rotatable bonds is 5. The van der Waals surface area contributed by atoms with Gasteiger partial charge in [0.2, 0.25) is 10.0 Å². The number of nitrogens with zero attached hydrogens (tertiary/aromatic N) is 3. The lowest BCUT2D eigenvalue weighted by molar-refractivity contribution is 0.275. The molecule has 7 heteroatoms. The van der Waals surface area contributed by atoms with Crippen LogP contribution in [0.2, 0.25) is 0 Å². The van der Waals surface area contributed by atoms with Crippen molar-refractivity contribution in [1.82, 2.24) is 14.5 Å². The lowest BCUT2D eigenvalue weighted by Crippen LogP contribution is -2.47. The van der Waals surface area contributed by atoms with E-state index in [9.17, 15) is 8.42 Å². The highest BCUT2D eigenvalue weighted by Crippen LogP contribution is 2.36. The number of aliphatic imine (C=N–C) groups is 1. The van der Waals surface area contributed by atoms with Crippen molar-refractivity contribution in [3.05, 3.63) is 0 Å². The fourth-order valence-electron chi connectivity index (χ4n) is 3.93. The average molecular weight is 345 g/mol. The first-order valence-corrected chi connectivity index (χ1v) is 10.6. The summed E-state index contributed by atoms with van der Waals surface area (Å²) >= 11 is 0. The van der Waals surface area contributed by atoms with Gasteiger partial charge in [-0.2, -0.15) is 4.31 Å². The minimum Gasteiger partial charge on any atom is -0.355 e. The fourth-order valence-corrected chi connectivity index (χ4v) is 5.12. The monoisotopic (exact) mass is 344 g/mol. The lowest BCUT2D eigenvalue weighted by Gasteiger charge is -2.29. The quantitative estimate of drug-likeness (QED) is 0.606. The van der Waals surface area contributed by atoms with Gasteiger partial charge in [0.25, 0.3) is 0 Å². The Morgan fingerprint density at radius 3 is 2.52 bits per heavy atom. The molecule has 0 bridgehead atoms. The Balaban J connectivity index is 1.94. The molecule has 6 nitrogen and oxygen atoms in total. The van der Waals surface area contributed by atoms with Crippen LogP contribution < -0.4 is 5.32 Å². The van der Waals surface area contributed by atoms with Crippen LogP contribution in [0.4, 0.5) is 0 Å². The molecule has 0 aromatic carbocycles. The van der Waals surface area contributed by atoms with Crippen molar-refractivity contribution in [2.45, 2.75) is 52.0 Å². The Labute approximate surface area is 141 Å². The van der Waals surface area contributed by atoms with Gasteiger partial charge in [-0.05, 0) is 37.5 Å². The molecule has 0 saturated carbocycles. The van der Waals surface area contributed by atoms with Gasteiger partial charge in [0.05, 0.1) is 6.26 Å². The van der Waals surface area contributed by atoms with Crippen molar-refractivity contribution in [3.8, 4) is 0 Å². The molecule has 0 aromatic heterocycles. The summed E-state index contributed by atoms with van der Waals surface area (Å²) in [5.41, 5.74) is 0.407. The molecule has 2 heterocycles. The topological polar surface area (TPSA) is 65.0 Å². The van der Waals surface area contributed by atoms with Crippen LogP contribution >= 0.6 is 0 Å². The smallest absolute Gasteiger partial charge is 0.211 e. The predicted octanol–water partition coefficient (Wildman–Crippen LogP) is 1.50. The van der Waals surface area contributed by atoms with Gasteiger partial charge < -0.3 is 10.2 Å². The Morgan fingerprint density at radius 1 is 1.30 bits per heavy atom. The number of nitrogens with one attached hydrogen (secondary N) is 1. The van der Waals surface area contributed by atoms with Crippen LogP contribution in [0.5, 0.6) is 0 Å². The minimum absolute atomic E-state index is 0.0476. The summed E-state index contributed by atoms with van der Waals surface area (Å²) in [5.74, 6) is 0.911. The normalized spacial score (nSPS) is 26.0. The summed E-state index contributed by atoms with van der Waals surface area (Å²) in [6.45, 7) is 7.89. The van der Waals surface area contributed by atoms with Gasteiger partial charge >= 0.3 is 0 Å². The van der Waals surface area contributed by atoms with E-state index < -0.39 is 10.0 Å². The van der Waals surface area contributed by atoms with Crippen LogP contribution in [0.3, 0.4) is 0 Å². The molecule has 23 heavy (non-hydrogen) atoms. The number of likely N-dealkylation sites (tertiary alicyclic amines) is 1. The Morgan fingerprint density at radius 2 is 2.00 bits per heavy atom. The summed E-state index contributed by atoms with van der Waals surface area (Å²) in [4.78, 5) is 6.74. The van der Waals surface area contributed by atoms with Gasteiger partial charge in [-0.15, -0.1) is 0 Å². The molecule has 2 aliphatic heterocycles. The molecule has 134 valence electrons. The molecule has 0 aliphatic carbocycles. The minimum atomic E-state index is -3.11. The standard InChI is InChI=1S/C16H32N4O2S/c1-5-16(6-2)9-11-19(13-16)15(17-3)18-12-14-8-7-10-20(14)23(4,21)22/h14H,5-13H2,1-4H3,(H,17,18)/t14-/m1/s1. The van der Waals surface area contributed by atoms with Gasteiger partial charge in [-0.1, -0.05) is 13.8 Å². The molecule has 0 radical (unpaired) electrons. The van der Waals surface area contributed by atoms with Gasteiger partial charge in [0.1, 0.15) is 0 Å². The highest BCUT2D eigenvalue weighted by molar-refractivity contribution is 7.88. The van der Waals surface area contributed by atoms with Crippen molar-refractivity contribution in [1.29, 1.82) is 0 Å². The molecule has 2 fully saturated rings. The Bertz CT molecular complexity index is 528. The SMILES string of the molecule is CCC1(CC)CCN(C(=NC)NC[C@H]2CCCN2S(C)(=O)=O)C1. The summed E-state index contributed by atoms with van der Waals surface area (Å²) in [5, 5.41) is 3.41. The van der Waals surface area contributed by atoms with Crippen molar-refractivity contribution in [3.63, 3.8) is 0 Å². The molecular formula is C16H32N4O2S. The second-order valence-electron chi connectivity index (χ2n) is 6.98. The second-order valence-corrected chi connectivity index (χ2v) is 8.91. The molecule has 1 atom stereocenters. The summed E-state index contributed by atoms with van der Waals surface area (Å²) in [7, 11) is -1.30. The second kappa shape index (κ2) is 7.38. The maximum Gasteiger partial charge on any atom is 0.211 e. The van der Waals surface area contributed by atoms with E-state index in [0.717, 1.165) is 31.9 Å². The average Bonchev–Trinajstić information content (AvgIpc) is 3.15. The predicted molar refractivity (Wildman–Crippen MR) is 95.1 cm³/mol. The zero-order chi connectivity index (χ0) is 17.1. The maximum absolute atomic E-state index is 11.8. The molecule has 2 saturated heterocycles. The van der Waals surface area contributed by atoms with Crippen molar-refractivity contribution in [2.75, 3.05) is 39.5 Å². The van der Waals surface area contributed by atoms with Crippen LogP contribution in [-0.2, 0) is 10.0 Å². The first kappa shape index (κ1) is 18.5. The van der Waals surface area contributed by atoms with E-state index in [1.54, 1.807) is 4.31 Å². The summed E-state index contributed by atoms with van der Waals surface area (Å²) in [6.07, 6.45) is 6.77. The van der Waals surface area contributed by atoms with Crippen molar-refractivity contribution in [2.24, 2.45) is 10.4 Å². The molecule has 2 aliphatic rings. The Kier molecular flexibility index (Phi) is 5.94. The van der Waals surface area contributed by atoms with Crippen molar-refractivity contribution < 1.29 is 8.42 Å². The number of sulfonamides is 1. The van der Waals surface area contributed by atoms with E-state index in [1.807, 2.05) is 7.05 Å². The molecule has 0 unspecified atom stereocenters. The zero-order valence-electron chi connectivity index (χ0n) is 15.0. The van der Waals surface area contributed by atoms with Crippen LogP contribution in [0, 0.1) is 5.41 Å². The highest BCUT2D eigenvalue weighted by atomic mass is 32.2. The lowest BCUT2D eigenvalue weighted by atomic mass is 9.82. The van der Waals surface area contributed by atoms with Crippen molar-refractivity contribution >= 4 is 16.0 Å².